The minimum Gasteiger partial charge on any atom is -0.496 e. The molecule has 0 aromatic heterocycles. The Morgan fingerprint density at radius 2 is 1.95 bits per heavy atom. The summed E-state index contributed by atoms with van der Waals surface area (Å²) in [5, 5.41) is 10.5. The molecule has 3 rings (SSSR count). The Morgan fingerprint density at radius 3 is 2.71 bits per heavy atom. The molecule has 0 radical (unpaired) electrons. The molecule has 0 fully saturated rings. The number of aliphatic hydroxyl groups is 1. The Labute approximate surface area is 124 Å². The van der Waals surface area contributed by atoms with E-state index in [-0.39, 0.29) is 6.04 Å². The van der Waals surface area contributed by atoms with Crippen LogP contribution in [0.1, 0.15) is 29.2 Å². The molecule has 2 aromatic carbocycles. The average molecular weight is 281 g/mol. The molecule has 3 nitrogen and oxygen atoms in total. The Bertz CT molecular complexity index is 637. The van der Waals surface area contributed by atoms with Gasteiger partial charge in [-0.3, -0.25) is 4.99 Å². The van der Waals surface area contributed by atoms with Gasteiger partial charge in [-0.25, -0.2) is 0 Å². The third kappa shape index (κ3) is 2.83. The van der Waals surface area contributed by atoms with E-state index < -0.39 is 6.10 Å². The molecule has 1 N–H and O–H groups in total. The Hall–Kier alpha value is -2.13. The number of methoxy groups -OCH3 is 1. The van der Waals surface area contributed by atoms with E-state index in [0.717, 1.165) is 35.3 Å². The van der Waals surface area contributed by atoms with Gasteiger partial charge in [0.15, 0.2) is 0 Å². The summed E-state index contributed by atoms with van der Waals surface area (Å²) < 4.78 is 5.38. The lowest BCUT2D eigenvalue weighted by Gasteiger charge is -2.28. The second-order valence-electron chi connectivity index (χ2n) is 5.27. The SMILES string of the molecule is COc1cccc2c1CCC(N=Cc1ccccc1)C2O. The summed E-state index contributed by atoms with van der Waals surface area (Å²) in [4.78, 5) is 4.57. The lowest BCUT2D eigenvalue weighted by molar-refractivity contribution is 0.134. The number of nitrogens with zero attached hydrogens (tertiary/aromatic N) is 1. The predicted octanol–water partition coefficient (Wildman–Crippen LogP) is 3.16. The van der Waals surface area contributed by atoms with Crippen LogP contribution in [0.25, 0.3) is 0 Å². The van der Waals surface area contributed by atoms with Crippen molar-refractivity contribution in [2.75, 3.05) is 7.11 Å². The van der Waals surface area contributed by atoms with Crippen molar-refractivity contribution in [3.8, 4) is 5.75 Å². The zero-order valence-corrected chi connectivity index (χ0v) is 12.1. The van der Waals surface area contributed by atoms with E-state index in [1.807, 2.05) is 54.7 Å². The number of aliphatic imine (C=N–C) groups is 1. The molecule has 0 heterocycles. The summed E-state index contributed by atoms with van der Waals surface area (Å²) in [5.74, 6) is 0.858. The van der Waals surface area contributed by atoms with Gasteiger partial charge >= 0.3 is 0 Å². The van der Waals surface area contributed by atoms with E-state index in [1.54, 1.807) is 7.11 Å². The van der Waals surface area contributed by atoms with Gasteiger partial charge in [0.25, 0.3) is 0 Å². The Morgan fingerprint density at radius 1 is 1.14 bits per heavy atom. The first-order valence-corrected chi connectivity index (χ1v) is 7.21. The highest BCUT2D eigenvalue weighted by molar-refractivity contribution is 5.79. The zero-order valence-electron chi connectivity index (χ0n) is 12.1. The van der Waals surface area contributed by atoms with Gasteiger partial charge in [-0.15, -0.1) is 0 Å². The van der Waals surface area contributed by atoms with E-state index in [1.165, 1.54) is 0 Å². The molecule has 2 unspecified atom stereocenters. The predicted molar refractivity (Wildman–Crippen MR) is 84.1 cm³/mol. The van der Waals surface area contributed by atoms with Gasteiger partial charge in [0.05, 0.1) is 13.2 Å². The summed E-state index contributed by atoms with van der Waals surface area (Å²) >= 11 is 0. The first-order chi connectivity index (χ1) is 10.3. The van der Waals surface area contributed by atoms with Crippen LogP contribution in [0.3, 0.4) is 0 Å². The van der Waals surface area contributed by atoms with Crippen molar-refractivity contribution < 1.29 is 9.84 Å². The topological polar surface area (TPSA) is 41.8 Å². The molecule has 0 saturated carbocycles. The van der Waals surface area contributed by atoms with Crippen molar-refractivity contribution in [2.24, 2.45) is 4.99 Å². The maximum atomic E-state index is 10.5. The second kappa shape index (κ2) is 6.10. The molecular weight excluding hydrogens is 262 g/mol. The fourth-order valence-corrected chi connectivity index (χ4v) is 2.85. The molecule has 0 aliphatic heterocycles. The molecule has 0 spiro atoms. The largest absolute Gasteiger partial charge is 0.496 e. The molecule has 2 atom stereocenters. The molecule has 0 bridgehead atoms. The van der Waals surface area contributed by atoms with Gasteiger partial charge in [0.2, 0.25) is 0 Å². The van der Waals surface area contributed by atoms with E-state index in [2.05, 4.69) is 4.99 Å². The molecular formula is C18H19NO2. The number of benzene rings is 2. The molecule has 21 heavy (non-hydrogen) atoms. The molecule has 0 saturated heterocycles. The van der Waals surface area contributed by atoms with Crippen LogP contribution in [0.5, 0.6) is 5.75 Å². The number of hydrogen-bond donors (Lipinski definition) is 1. The third-order valence-electron chi connectivity index (χ3n) is 3.98. The van der Waals surface area contributed by atoms with Crippen LogP contribution in [0.2, 0.25) is 0 Å². The molecule has 1 aliphatic rings. The fraction of sp³-hybridized carbons (Fsp3) is 0.278. The fourth-order valence-electron chi connectivity index (χ4n) is 2.85. The normalized spacial score (nSPS) is 21.2. The highest BCUT2D eigenvalue weighted by atomic mass is 16.5. The van der Waals surface area contributed by atoms with Gasteiger partial charge in [-0.05, 0) is 30.0 Å². The smallest absolute Gasteiger partial charge is 0.122 e. The molecule has 0 amide bonds. The van der Waals surface area contributed by atoms with Crippen LogP contribution in [-0.4, -0.2) is 24.5 Å². The van der Waals surface area contributed by atoms with Crippen LogP contribution in [0.15, 0.2) is 53.5 Å². The van der Waals surface area contributed by atoms with Crippen molar-refractivity contribution in [1.29, 1.82) is 0 Å². The Balaban J connectivity index is 1.83. The maximum Gasteiger partial charge on any atom is 0.122 e. The van der Waals surface area contributed by atoms with Gasteiger partial charge in [0, 0.05) is 11.8 Å². The number of ether oxygens (including phenoxy) is 1. The quantitative estimate of drug-likeness (QED) is 0.878. The minimum atomic E-state index is -0.566. The number of rotatable bonds is 3. The highest BCUT2D eigenvalue weighted by Gasteiger charge is 2.28. The monoisotopic (exact) mass is 281 g/mol. The van der Waals surface area contributed by atoms with Crippen molar-refractivity contribution >= 4 is 6.21 Å². The standard InChI is InChI=1S/C18H19NO2/c1-21-17-9-5-8-15-14(17)10-11-16(18(15)20)19-12-13-6-3-2-4-7-13/h2-9,12,16,18,20H,10-11H2,1H3. The highest BCUT2D eigenvalue weighted by Crippen LogP contribution is 2.36. The Kier molecular flexibility index (Phi) is 4.02. The minimum absolute atomic E-state index is 0.0928. The van der Waals surface area contributed by atoms with Crippen LogP contribution >= 0.6 is 0 Å². The van der Waals surface area contributed by atoms with Crippen LogP contribution in [0.4, 0.5) is 0 Å². The molecule has 2 aromatic rings. The van der Waals surface area contributed by atoms with Crippen LogP contribution < -0.4 is 4.74 Å². The van der Waals surface area contributed by atoms with Crippen LogP contribution in [-0.2, 0) is 6.42 Å². The van der Waals surface area contributed by atoms with E-state index in [0.29, 0.717) is 0 Å². The van der Waals surface area contributed by atoms with Crippen molar-refractivity contribution in [2.45, 2.75) is 25.0 Å². The van der Waals surface area contributed by atoms with Crippen molar-refractivity contribution in [1.82, 2.24) is 0 Å². The van der Waals surface area contributed by atoms with Gasteiger partial charge in [-0.2, -0.15) is 0 Å². The van der Waals surface area contributed by atoms with Gasteiger partial charge < -0.3 is 9.84 Å². The first kappa shape index (κ1) is 13.8. The maximum absolute atomic E-state index is 10.5. The first-order valence-electron chi connectivity index (χ1n) is 7.21. The summed E-state index contributed by atoms with van der Waals surface area (Å²) in [6.07, 6.45) is 2.99. The third-order valence-corrected chi connectivity index (χ3v) is 3.98. The van der Waals surface area contributed by atoms with Crippen LogP contribution in [0, 0.1) is 0 Å². The number of hydrogen-bond acceptors (Lipinski definition) is 3. The summed E-state index contributed by atoms with van der Waals surface area (Å²) in [5.41, 5.74) is 3.11. The number of aliphatic hydroxyl groups excluding tert-OH is 1. The second-order valence-corrected chi connectivity index (χ2v) is 5.27. The van der Waals surface area contributed by atoms with Crippen molar-refractivity contribution in [3.05, 3.63) is 65.2 Å². The zero-order chi connectivity index (χ0) is 14.7. The van der Waals surface area contributed by atoms with Gasteiger partial charge in [-0.1, -0.05) is 42.5 Å². The molecule has 3 heteroatoms. The van der Waals surface area contributed by atoms with E-state index in [9.17, 15) is 5.11 Å². The summed E-state index contributed by atoms with van der Waals surface area (Å²) in [6.45, 7) is 0. The number of fused-ring (bicyclic) bond motifs is 1. The van der Waals surface area contributed by atoms with E-state index in [4.69, 9.17) is 4.74 Å². The summed E-state index contributed by atoms with van der Waals surface area (Å²) in [6, 6.07) is 15.7. The van der Waals surface area contributed by atoms with Crippen molar-refractivity contribution in [3.63, 3.8) is 0 Å². The molecule has 1 aliphatic carbocycles. The lowest BCUT2D eigenvalue weighted by Crippen LogP contribution is -2.24. The lowest BCUT2D eigenvalue weighted by atomic mass is 9.85. The summed E-state index contributed by atoms with van der Waals surface area (Å²) in [7, 11) is 1.67. The average Bonchev–Trinajstić information content (AvgIpc) is 2.55. The van der Waals surface area contributed by atoms with E-state index >= 15 is 0 Å². The van der Waals surface area contributed by atoms with Gasteiger partial charge in [0.1, 0.15) is 11.9 Å². The molecule has 108 valence electrons.